The average molecular weight is 394 g/mol. The van der Waals surface area contributed by atoms with E-state index in [1.165, 1.54) is 10.5 Å². The fourth-order valence-electron chi connectivity index (χ4n) is 3.33. The van der Waals surface area contributed by atoms with Crippen LogP contribution in [0, 0.1) is 5.92 Å². The van der Waals surface area contributed by atoms with Crippen LogP contribution in [0.4, 0.5) is 5.69 Å². The van der Waals surface area contributed by atoms with Crippen molar-refractivity contribution in [3.8, 4) is 0 Å². The number of esters is 1. The molecule has 0 aliphatic carbocycles. The number of benzene rings is 2. The van der Waals surface area contributed by atoms with Crippen molar-refractivity contribution in [2.75, 3.05) is 25.1 Å². The largest absolute Gasteiger partial charge is 0.455 e. The van der Waals surface area contributed by atoms with Crippen molar-refractivity contribution in [3.63, 3.8) is 0 Å². The van der Waals surface area contributed by atoms with E-state index in [1.807, 2.05) is 54.6 Å². The van der Waals surface area contributed by atoms with Gasteiger partial charge in [-0.05, 0) is 29.7 Å². The number of nitrogens with zero attached hydrogens (tertiary/aromatic N) is 2. The van der Waals surface area contributed by atoms with Gasteiger partial charge in [-0.15, -0.1) is 0 Å². The van der Waals surface area contributed by atoms with Crippen LogP contribution in [-0.2, 0) is 32.1 Å². The maximum Gasteiger partial charge on any atom is 0.311 e. The van der Waals surface area contributed by atoms with Gasteiger partial charge in [-0.25, -0.2) is 0 Å². The van der Waals surface area contributed by atoms with Crippen LogP contribution < -0.4 is 4.90 Å². The van der Waals surface area contributed by atoms with Crippen molar-refractivity contribution < 1.29 is 19.1 Å². The van der Waals surface area contributed by atoms with Crippen molar-refractivity contribution in [2.24, 2.45) is 5.92 Å². The van der Waals surface area contributed by atoms with Crippen molar-refractivity contribution >= 4 is 23.5 Å². The molecule has 0 unspecified atom stereocenters. The molecule has 1 aliphatic heterocycles. The highest BCUT2D eigenvalue weighted by Crippen LogP contribution is 2.26. The molecule has 2 aromatic carbocycles. The molecule has 2 amide bonds. The number of aryl methyl sites for hydroxylation is 1. The van der Waals surface area contributed by atoms with Crippen LogP contribution in [0.5, 0.6) is 0 Å². The number of hydrogen-bond acceptors (Lipinski definition) is 4. The van der Waals surface area contributed by atoms with E-state index in [-0.39, 0.29) is 31.4 Å². The molecule has 0 bridgehead atoms. The maximum atomic E-state index is 12.4. The van der Waals surface area contributed by atoms with E-state index in [4.69, 9.17) is 4.74 Å². The number of carbonyl (C=O) groups excluding carboxylic acids is 3. The van der Waals surface area contributed by atoms with Crippen molar-refractivity contribution in [1.82, 2.24) is 4.90 Å². The first kappa shape index (κ1) is 20.6. The molecular formula is C23H26N2O4. The van der Waals surface area contributed by atoms with Gasteiger partial charge in [-0.2, -0.15) is 0 Å². The smallest absolute Gasteiger partial charge is 0.311 e. The lowest BCUT2D eigenvalue weighted by Crippen LogP contribution is -2.32. The van der Waals surface area contributed by atoms with Gasteiger partial charge in [0, 0.05) is 32.2 Å². The third-order valence-electron chi connectivity index (χ3n) is 5.14. The van der Waals surface area contributed by atoms with Crippen LogP contribution in [0.1, 0.15) is 24.5 Å². The number of rotatable bonds is 7. The lowest BCUT2D eigenvalue weighted by atomic mass is 10.1. The second kappa shape index (κ2) is 9.37. The van der Waals surface area contributed by atoms with Crippen LogP contribution in [-0.4, -0.2) is 42.9 Å². The third-order valence-corrected chi connectivity index (χ3v) is 5.14. The molecule has 0 N–H and O–H groups in total. The minimum Gasteiger partial charge on any atom is -0.455 e. The Balaban J connectivity index is 1.50. The maximum absolute atomic E-state index is 12.4. The number of amides is 2. The van der Waals surface area contributed by atoms with Gasteiger partial charge >= 0.3 is 5.97 Å². The summed E-state index contributed by atoms with van der Waals surface area (Å²) in [6, 6.07) is 17.4. The Morgan fingerprint density at radius 2 is 1.76 bits per heavy atom. The van der Waals surface area contributed by atoms with Gasteiger partial charge in [0.2, 0.25) is 5.91 Å². The summed E-state index contributed by atoms with van der Waals surface area (Å²) in [5.41, 5.74) is 2.97. The zero-order chi connectivity index (χ0) is 20.8. The average Bonchev–Trinajstić information content (AvgIpc) is 3.14. The Morgan fingerprint density at radius 1 is 1.07 bits per heavy atom. The lowest BCUT2D eigenvalue weighted by molar-refractivity contribution is -0.155. The van der Waals surface area contributed by atoms with Crippen molar-refractivity contribution in [2.45, 2.75) is 26.3 Å². The summed E-state index contributed by atoms with van der Waals surface area (Å²) in [4.78, 5) is 40.1. The highest BCUT2D eigenvalue weighted by molar-refractivity contribution is 5.99. The van der Waals surface area contributed by atoms with E-state index >= 15 is 0 Å². The fourth-order valence-corrected chi connectivity index (χ4v) is 3.33. The molecule has 0 spiro atoms. The Morgan fingerprint density at radius 3 is 2.41 bits per heavy atom. The zero-order valence-electron chi connectivity index (χ0n) is 16.8. The molecule has 6 nitrogen and oxygen atoms in total. The first-order valence-electron chi connectivity index (χ1n) is 9.81. The van der Waals surface area contributed by atoms with Crippen LogP contribution >= 0.6 is 0 Å². The molecule has 3 rings (SSSR count). The quantitative estimate of drug-likeness (QED) is 0.678. The summed E-state index contributed by atoms with van der Waals surface area (Å²) in [5, 5.41) is 0. The summed E-state index contributed by atoms with van der Waals surface area (Å²) < 4.78 is 5.21. The zero-order valence-corrected chi connectivity index (χ0v) is 16.8. The Kier molecular flexibility index (Phi) is 6.65. The predicted molar refractivity (Wildman–Crippen MR) is 110 cm³/mol. The number of ether oxygens (including phenoxy) is 1. The van der Waals surface area contributed by atoms with Gasteiger partial charge in [0.1, 0.15) is 0 Å². The lowest BCUT2D eigenvalue weighted by Gasteiger charge is -2.18. The molecule has 1 saturated heterocycles. The van der Waals surface area contributed by atoms with E-state index < -0.39 is 11.9 Å². The number of carbonyl (C=O) groups is 3. The molecule has 152 valence electrons. The molecule has 1 atom stereocenters. The Labute approximate surface area is 171 Å². The summed E-state index contributed by atoms with van der Waals surface area (Å²) in [6.07, 6.45) is 1.03. The van der Waals surface area contributed by atoms with Crippen LogP contribution in [0.2, 0.25) is 0 Å². The summed E-state index contributed by atoms with van der Waals surface area (Å²) in [5.74, 6) is -1.45. The molecular weight excluding hydrogens is 368 g/mol. The fraction of sp³-hybridized carbons (Fsp3) is 0.348. The molecule has 6 heteroatoms. The van der Waals surface area contributed by atoms with E-state index in [0.717, 1.165) is 17.7 Å². The highest BCUT2D eigenvalue weighted by Gasteiger charge is 2.36. The van der Waals surface area contributed by atoms with E-state index in [0.29, 0.717) is 6.54 Å². The summed E-state index contributed by atoms with van der Waals surface area (Å²) in [7, 11) is 1.67. The van der Waals surface area contributed by atoms with E-state index in [9.17, 15) is 14.4 Å². The van der Waals surface area contributed by atoms with Gasteiger partial charge < -0.3 is 14.5 Å². The number of hydrogen-bond donors (Lipinski definition) is 0. The minimum atomic E-state index is -0.555. The Hall–Kier alpha value is -3.15. The van der Waals surface area contributed by atoms with Crippen LogP contribution in [0.3, 0.4) is 0 Å². The first-order chi connectivity index (χ1) is 14.0. The first-order valence-corrected chi connectivity index (χ1v) is 9.81. The molecule has 0 aromatic heterocycles. The van der Waals surface area contributed by atoms with E-state index in [2.05, 4.69) is 6.92 Å². The van der Waals surface area contributed by atoms with E-state index in [1.54, 1.807) is 11.9 Å². The van der Waals surface area contributed by atoms with Gasteiger partial charge in [-0.1, -0.05) is 49.4 Å². The van der Waals surface area contributed by atoms with Crippen molar-refractivity contribution in [1.29, 1.82) is 0 Å². The number of likely N-dealkylation sites (N-methyl/N-ethyl adjacent to an activating group) is 1. The SMILES string of the molecule is CCc1ccc(N2C[C@H](C(=O)OCC(=O)N(C)Cc3ccccc3)CC2=O)cc1. The second-order valence-corrected chi connectivity index (χ2v) is 7.27. The van der Waals surface area contributed by atoms with Crippen LogP contribution in [0.15, 0.2) is 54.6 Å². The van der Waals surface area contributed by atoms with Crippen molar-refractivity contribution in [3.05, 3.63) is 65.7 Å². The second-order valence-electron chi connectivity index (χ2n) is 7.27. The van der Waals surface area contributed by atoms with Gasteiger partial charge in [-0.3, -0.25) is 14.4 Å². The van der Waals surface area contributed by atoms with Gasteiger partial charge in [0.15, 0.2) is 6.61 Å². The standard InChI is InChI=1S/C23H26N2O4/c1-3-17-9-11-20(12-10-17)25-15-19(13-21(25)26)23(28)29-16-22(27)24(2)14-18-7-5-4-6-8-18/h4-12,19H,3,13-16H2,1-2H3/t19-/m1/s1. The predicted octanol–water partition coefficient (Wildman–Crippen LogP) is 2.80. The van der Waals surface area contributed by atoms with Gasteiger partial charge in [0.25, 0.3) is 5.91 Å². The topological polar surface area (TPSA) is 66.9 Å². The molecule has 2 aromatic rings. The highest BCUT2D eigenvalue weighted by atomic mass is 16.5. The monoisotopic (exact) mass is 394 g/mol. The normalized spacial score (nSPS) is 16.0. The van der Waals surface area contributed by atoms with Crippen LogP contribution in [0.25, 0.3) is 0 Å². The summed E-state index contributed by atoms with van der Waals surface area (Å²) >= 11 is 0. The third kappa shape index (κ3) is 5.22. The molecule has 29 heavy (non-hydrogen) atoms. The van der Waals surface area contributed by atoms with Gasteiger partial charge in [0.05, 0.1) is 5.92 Å². The Bertz CT molecular complexity index is 864. The molecule has 1 fully saturated rings. The molecule has 1 heterocycles. The summed E-state index contributed by atoms with van der Waals surface area (Å²) in [6.45, 7) is 2.47. The number of anilines is 1. The molecule has 0 saturated carbocycles. The molecule has 0 radical (unpaired) electrons. The minimum absolute atomic E-state index is 0.0996. The molecule has 1 aliphatic rings.